The quantitative estimate of drug-likeness (QED) is 0.193. The zero-order chi connectivity index (χ0) is 23.2. The van der Waals surface area contributed by atoms with Crippen molar-refractivity contribution in [1.82, 2.24) is 0 Å². The van der Waals surface area contributed by atoms with Gasteiger partial charge in [-0.05, 0) is 36.2 Å². The second-order valence-electron chi connectivity index (χ2n) is 6.19. The van der Waals surface area contributed by atoms with Gasteiger partial charge >= 0.3 is 5.97 Å². The zero-order valence-corrected chi connectivity index (χ0v) is 17.7. The minimum absolute atomic E-state index is 0. The number of nitrogen functional groups attached to an aromatic ring is 1. The van der Waals surface area contributed by atoms with Crippen LogP contribution in [0.15, 0.2) is 78.9 Å². The number of anilines is 1. The van der Waals surface area contributed by atoms with Crippen LogP contribution in [0.2, 0.25) is 0 Å². The van der Waals surface area contributed by atoms with Gasteiger partial charge in [0.15, 0.2) is 0 Å². The topological polar surface area (TPSA) is 170 Å². The molecular weight excluding hydrogens is 438 g/mol. The lowest BCUT2D eigenvalue weighted by Gasteiger charge is -2.05. The fraction of sp³-hybridized carbons (Fsp3) is 0.0909. The summed E-state index contributed by atoms with van der Waals surface area (Å²) in [6.45, 7) is 0. The van der Waals surface area contributed by atoms with E-state index in [1.807, 2.05) is 18.2 Å². The number of nitrogens with zero attached hydrogens (tertiary/aromatic N) is 1. The largest absolute Gasteiger partial charge is 0.508 e. The number of phenolic OH excluding ortho intramolecular Hbond substituents is 1. The molecule has 0 unspecified atom stereocenters. The van der Waals surface area contributed by atoms with Crippen molar-refractivity contribution in [2.75, 3.05) is 5.73 Å². The molecule has 0 bridgehead atoms. The minimum Gasteiger partial charge on any atom is -0.508 e. The predicted molar refractivity (Wildman–Crippen MR) is 124 cm³/mol. The highest BCUT2D eigenvalue weighted by molar-refractivity contribution is 5.85. The molecule has 0 fully saturated rings. The number of nitro groups is 1. The molecule has 3 aromatic rings. The van der Waals surface area contributed by atoms with E-state index in [1.54, 1.807) is 24.3 Å². The number of nitrogens with two attached hydrogens (primary N) is 2. The van der Waals surface area contributed by atoms with Gasteiger partial charge in [-0.25, -0.2) is 0 Å². The van der Waals surface area contributed by atoms with Crippen LogP contribution in [0, 0.1) is 10.1 Å². The third-order valence-corrected chi connectivity index (χ3v) is 3.75. The lowest BCUT2D eigenvalue weighted by molar-refractivity contribution is -0.384. The van der Waals surface area contributed by atoms with Crippen LogP contribution in [0.25, 0.3) is 0 Å². The molecule has 0 saturated heterocycles. The molecule has 0 heterocycles. The number of hydrogen-bond donors (Lipinski definition) is 4. The van der Waals surface area contributed by atoms with Gasteiger partial charge in [-0.3, -0.25) is 19.7 Å². The van der Waals surface area contributed by atoms with Crippen molar-refractivity contribution in [2.45, 2.75) is 12.5 Å². The minimum atomic E-state index is -1.02. The molecule has 9 nitrogen and oxygen atoms in total. The van der Waals surface area contributed by atoms with Gasteiger partial charge in [0.1, 0.15) is 18.1 Å². The number of benzene rings is 3. The van der Waals surface area contributed by atoms with E-state index < -0.39 is 16.9 Å². The van der Waals surface area contributed by atoms with Crippen LogP contribution in [0.5, 0.6) is 5.75 Å². The van der Waals surface area contributed by atoms with Gasteiger partial charge in [-0.2, -0.15) is 0 Å². The molecule has 0 aliphatic rings. The van der Waals surface area contributed by atoms with Gasteiger partial charge in [0.05, 0.1) is 4.92 Å². The Balaban J connectivity index is 0.000000456. The van der Waals surface area contributed by atoms with Gasteiger partial charge in [0.2, 0.25) is 0 Å². The van der Waals surface area contributed by atoms with Crippen molar-refractivity contribution in [3.63, 3.8) is 0 Å². The first-order valence-electron chi connectivity index (χ1n) is 8.99. The number of aliphatic carboxylic acids is 1. The van der Waals surface area contributed by atoms with Crippen LogP contribution >= 0.6 is 12.4 Å². The highest BCUT2D eigenvalue weighted by atomic mass is 35.5. The molecule has 0 aliphatic carbocycles. The highest BCUT2D eigenvalue weighted by Gasteiger charge is 2.11. The van der Waals surface area contributed by atoms with Gasteiger partial charge in [-0.15, -0.1) is 12.4 Å². The first-order valence-corrected chi connectivity index (χ1v) is 8.99. The Kier molecular flexibility index (Phi) is 13.1. The molecule has 32 heavy (non-hydrogen) atoms. The van der Waals surface area contributed by atoms with E-state index >= 15 is 0 Å². The summed E-state index contributed by atoms with van der Waals surface area (Å²) in [5.41, 5.74) is 12.8. The van der Waals surface area contributed by atoms with Crippen LogP contribution in [-0.2, 0) is 11.2 Å². The fourth-order valence-corrected chi connectivity index (χ4v) is 2.10. The number of carbonyl (C=O) groups is 2. The number of aromatic hydroxyl groups is 1. The number of non-ortho nitro benzene ring substituents is 1. The third kappa shape index (κ3) is 11.3. The number of hydrogen-bond acceptors (Lipinski definition) is 7. The van der Waals surface area contributed by atoms with Crippen molar-refractivity contribution in [3.05, 3.63) is 100 Å². The van der Waals surface area contributed by atoms with Crippen molar-refractivity contribution in [3.8, 4) is 5.75 Å². The van der Waals surface area contributed by atoms with E-state index in [2.05, 4.69) is 0 Å². The van der Waals surface area contributed by atoms with Gasteiger partial charge in [0, 0.05) is 23.4 Å². The number of aldehydes is 1. The van der Waals surface area contributed by atoms with Crippen LogP contribution < -0.4 is 11.5 Å². The number of carboxylic acid groups (broad SMARTS) is 1. The SMILES string of the molecule is Cl.N[C@@H](Cc1ccc(O)cc1)C(=O)O.Nc1ccc([N+](=O)[O-])cc1.O=Cc1ccccc1. The predicted octanol–water partition coefficient (Wildman–Crippen LogP) is 3.44. The first-order chi connectivity index (χ1) is 14.7. The smallest absolute Gasteiger partial charge is 0.320 e. The van der Waals surface area contributed by atoms with E-state index in [-0.39, 0.29) is 30.3 Å². The summed E-state index contributed by atoms with van der Waals surface area (Å²) >= 11 is 0. The van der Waals surface area contributed by atoms with Crippen LogP contribution in [0.4, 0.5) is 11.4 Å². The van der Waals surface area contributed by atoms with Crippen molar-refractivity contribution in [1.29, 1.82) is 0 Å². The Morgan fingerprint density at radius 2 is 1.53 bits per heavy atom. The van der Waals surface area contributed by atoms with Crippen LogP contribution in [-0.4, -0.2) is 33.4 Å². The lowest BCUT2D eigenvalue weighted by atomic mass is 10.1. The molecule has 1 atom stereocenters. The Morgan fingerprint density at radius 1 is 1.00 bits per heavy atom. The molecule has 0 saturated carbocycles. The molecule has 170 valence electrons. The maximum atomic E-state index is 10.4. The maximum absolute atomic E-state index is 10.4. The first kappa shape index (κ1) is 28.1. The Bertz CT molecular complexity index is 967. The molecular formula is C22H24ClN3O6. The summed E-state index contributed by atoms with van der Waals surface area (Å²) in [7, 11) is 0. The van der Waals surface area contributed by atoms with E-state index in [0.29, 0.717) is 5.69 Å². The number of nitro benzene ring substituents is 1. The molecule has 6 N–H and O–H groups in total. The third-order valence-electron chi connectivity index (χ3n) is 3.75. The fourth-order valence-electron chi connectivity index (χ4n) is 2.10. The van der Waals surface area contributed by atoms with E-state index in [1.165, 1.54) is 36.4 Å². The van der Waals surface area contributed by atoms with Crippen molar-refractivity contribution in [2.24, 2.45) is 5.73 Å². The summed E-state index contributed by atoms with van der Waals surface area (Å²) in [6.07, 6.45) is 1.11. The number of rotatable bonds is 5. The van der Waals surface area contributed by atoms with E-state index in [9.17, 15) is 19.7 Å². The monoisotopic (exact) mass is 461 g/mol. The normalized spacial score (nSPS) is 10.0. The average molecular weight is 462 g/mol. The maximum Gasteiger partial charge on any atom is 0.320 e. The Morgan fingerprint density at radius 3 is 1.94 bits per heavy atom. The second kappa shape index (κ2) is 14.9. The summed E-state index contributed by atoms with van der Waals surface area (Å²) in [6, 6.07) is 20.3. The highest BCUT2D eigenvalue weighted by Crippen LogP contribution is 2.12. The molecule has 0 aliphatic heterocycles. The summed E-state index contributed by atoms with van der Waals surface area (Å²) in [5, 5.41) is 27.6. The van der Waals surface area contributed by atoms with E-state index in [0.717, 1.165) is 17.4 Å². The standard InChI is InChI=1S/C9H11NO3.C7H6O.C6H6N2O2.ClH/c10-8(9(12)13)5-6-1-3-7(11)4-2-6;8-6-7-4-2-1-3-5-7;7-5-1-3-6(4-2-5)8(9)10;/h1-4,8,11H,5,10H2,(H,12,13);1-6H;1-4H,7H2;1H/t8-;;;/m0.../s1. The van der Waals surface area contributed by atoms with Gasteiger partial charge in [0.25, 0.3) is 5.69 Å². The summed E-state index contributed by atoms with van der Waals surface area (Å²) in [5.74, 6) is -0.860. The average Bonchev–Trinajstić information content (AvgIpc) is 2.77. The second-order valence-corrected chi connectivity index (χ2v) is 6.19. The van der Waals surface area contributed by atoms with Crippen LogP contribution in [0.3, 0.4) is 0 Å². The van der Waals surface area contributed by atoms with Crippen molar-refractivity contribution < 1.29 is 24.7 Å². The molecule has 0 aromatic heterocycles. The van der Waals surface area contributed by atoms with E-state index in [4.69, 9.17) is 21.7 Å². The number of carbonyl (C=O) groups excluding carboxylic acids is 1. The molecule has 10 heteroatoms. The summed E-state index contributed by atoms with van der Waals surface area (Å²) < 4.78 is 0. The number of carboxylic acids is 1. The Labute approximate surface area is 190 Å². The van der Waals surface area contributed by atoms with Crippen LogP contribution in [0.1, 0.15) is 15.9 Å². The van der Waals surface area contributed by atoms with Crippen molar-refractivity contribution >= 4 is 36.0 Å². The molecule has 0 radical (unpaired) electrons. The zero-order valence-electron chi connectivity index (χ0n) is 16.9. The number of phenols is 1. The molecule has 0 amide bonds. The van der Waals surface area contributed by atoms with Gasteiger partial charge in [-0.1, -0.05) is 42.5 Å². The molecule has 3 rings (SSSR count). The molecule has 3 aromatic carbocycles. The molecule has 0 spiro atoms. The van der Waals surface area contributed by atoms with Gasteiger partial charge < -0.3 is 21.7 Å². The lowest BCUT2D eigenvalue weighted by Crippen LogP contribution is -2.32. The Hall–Kier alpha value is -3.95. The number of halogens is 1. The summed E-state index contributed by atoms with van der Waals surface area (Å²) in [4.78, 5) is 30.0.